The van der Waals surface area contributed by atoms with Crippen molar-refractivity contribution in [1.82, 2.24) is 0 Å². The Labute approximate surface area is 140 Å². The van der Waals surface area contributed by atoms with E-state index in [1.807, 2.05) is 19.9 Å². The van der Waals surface area contributed by atoms with E-state index >= 15 is 0 Å². The molecule has 23 heavy (non-hydrogen) atoms. The molecule has 0 spiro atoms. The molecule has 1 aliphatic rings. The van der Waals surface area contributed by atoms with Crippen LogP contribution >= 0.6 is 0 Å². The Morgan fingerprint density at radius 2 is 1.65 bits per heavy atom. The van der Waals surface area contributed by atoms with Crippen LogP contribution in [0.1, 0.15) is 72.6 Å². The zero-order chi connectivity index (χ0) is 17.5. The molecule has 0 radical (unpaired) electrons. The van der Waals surface area contributed by atoms with Crippen molar-refractivity contribution < 1.29 is 15.0 Å². The van der Waals surface area contributed by atoms with Gasteiger partial charge in [0, 0.05) is 5.57 Å². The van der Waals surface area contributed by atoms with Crippen LogP contribution in [0.15, 0.2) is 34.9 Å². The van der Waals surface area contributed by atoms with Crippen molar-refractivity contribution in [2.75, 3.05) is 0 Å². The smallest absolute Gasteiger partial charge is 0.331 e. The minimum absolute atomic E-state index is 0.244. The first-order valence-corrected chi connectivity index (χ1v) is 8.66. The molecule has 1 aliphatic carbocycles. The van der Waals surface area contributed by atoms with Gasteiger partial charge in [0.05, 0.1) is 5.60 Å². The highest BCUT2D eigenvalue weighted by atomic mass is 16.4. The van der Waals surface area contributed by atoms with E-state index < -0.39 is 11.6 Å². The molecule has 0 aromatic heterocycles. The van der Waals surface area contributed by atoms with Gasteiger partial charge in [-0.15, -0.1) is 0 Å². The van der Waals surface area contributed by atoms with E-state index in [9.17, 15) is 15.0 Å². The molecule has 0 amide bonds. The summed E-state index contributed by atoms with van der Waals surface area (Å²) in [5.41, 5.74) is 2.39. The fourth-order valence-electron chi connectivity index (χ4n) is 2.95. The largest absolute Gasteiger partial charge is 0.478 e. The van der Waals surface area contributed by atoms with Gasteiger partial charge < -0.3 is 10.2 Å². The summed E-state index contributed by atoms with van der Waals surface area (Å²) in [6.07, 6.45) is 12.0. The normalized spacial score (nSPS) is 29.3. The van der Waals surface area contributed by atoms with Gasteiger partial charge in [-0.2, -0.15) is 0 Å². The molecular weight excluding hydrogens is 288 g/mol. The SMILES string of the molecule is C/C1=C/CC/C(C(=O)O)=C\CC/C(C)=C/C[C@H](C(C)(C)O)CC1. The van der Waals surface area contributed by atoms with Crippen molar-refractivity contribution in [2.45, 2.75) is 78.2 Å². The highest BCUT2D eigenvalue weighted by Gasteiger charge is 2.25. The molecule has 1 rings (SSSR count). The highest BCUT2D eigenvalue weighted by molar-refractivity contribution is 5.86. The minimum Gasteiger partial charge on any atom is -0.478 e. The molecule has 0 saturated heterocycles. The second-order valence-corrected chi connectivity index (χ2v) is 7.34. The van der Waals surface area contributed by atoms with Crippen LogP contribution in [0.5, 0.6) is 0 Å². The molecule has 0 heterocycles. The summed E-state index contributed by atoms with van der Waals surface area (Å²) >= 11 is 0. The Morgan fingerprint density at radius 3 is 2.26 bits per heavy atom. The summed E-state index contributed by atoms with van der Waals surface area (Å²) in [7, 11) is 0. The molecule has 0 unspecified atom stereocenters. The first-order valence-electron chi connectivity index (χ1n) is 8.66. The van der Waals surface area contributed by atoms with E-state index in [1.165, 1.54) is 11.1 Å². The number of rotatable bonds is 2. The lowest BCUT2D eigenvalue weighted by molar-refractivity contribution is -0.132. The summed E-state index contributed by atoms with van der Waals surface area (Å²) < 4.78 is 0. The summed E-state index contributed by atoms with van der Waals surface area (Å²) in [6.45, 7) is 7.97. The standard InChI is InChI=1S/C20H32O3/c1-15-7-5-9-17(19(21)22)10-6-8-16(2)12-14-18(13-11-15)20(3,4)23/h7,10,12,18,23H,5-6,8-9,11,13-14H2,1-4H3,(H,21,22)/b15-7-,16-12+,17-10+/t18-/m1/s1. The maximum atomic E-state index is 11.3. The molecule has 0 bridgehead atoms. The molecule has 0 aromatic carbocycles. The molecule has 3 nitrogen and oxygen atoms in total. The molecular formula is C20H32O3. The zero-order valence-corrected chi connectivity index (χ0v) is 15.1. The molecule has 1 atom stereocenters. The van der Waals surface area contributed by atoms with Gasteiger partial charge in [0.25, 0.3) is 0 Å². The number of hydrogen-bond donors (Lipinski definition) is 2. The van der Waals surface area contributed by atoms with Gasteiger partial charge in [-0.3, -0.25) is 0 Å². The summed E-state index contributed by atoms with van der Waals surface area (Å²) in [5, 5.41) is 19.7. The van der Waals surface area contributed by atoms with Crippen molar-refractivity contribution in [3.8, 4) is 0 Å². The lowest BCUT2D eigenvalue weighted by Gasteiger charge is -2.29. The van der Waals surface area contributed by atoms with E-state index in [0.717, 1.165) is 38.5 Å². The van der Waals surface area contributed by atoms with Gasteiger partial charge in [0.1, 0.15) is 0 Å². The molecule has 2 N–H and O–H groups in total. The van der Waals surface area contributed by atoms with E-state index in [-0.39, 0.29) is 5.92 Å². The number of carbonyl (C=O) groups is 1. The summed E-state index contributed by atoms with van der Waals surface area (Å²) in [4.78, 5) is 11.3. The van der Waals surface area contributed by atoms with Gasteiger partial charge >= 0.3 is 5.97 Å². The van der Waals surface area contributed by atoms with Crippen LogP contribution in [0.2, 0.25) is 0 Å². The number of hydrogen-bond acceptors (Lipinski definition) is 2. The van der Waals surface area contributed by atoms with Crippen LogP contribution in [0.3, 0.4) is 0 Å². The van der Waals surface area contributed by atoms with E-state index in [4.69, 9.17) is 0 Å². The van der Waals surface area contributed by atoms with Crippen LogP contribution in [-0.4, -0.2) is 21.8 Å². The number of carboxylic acid groups (broad SMARTS) is 1. The average molecular weight is 320 g/mol. The fourth-order valence-corrected chi connectivity index (χ4v) is 2.95. The van der Waals surface area contributed by atoms with Crippen LogP contribution in [0.25, 0.3) is 0 Å². The van der Waals surface area contributed by atoms with E-state index in [1.54, 1.807) is 0 Å². The third-order valence-corrected chi connectivity index (χ3v) is 4.75. The van der Waals surface area contributed by atoms with Gasteiger partial charge in [-0.1, -0.05) is 29.4 Å². The molecule has 3 heteroatoms. The Kier molecular flexibility index (Phi) is 7.77. The van der Waals surface area contributed by atoms with Crippen molar-refractivity contribution in [3.05, 3.63) is 34.9 Å². The molecule has 0 saturated carbocycles. The van der Waals surface area contributed by atoms with Crippen molar-refractivity contribution in [3.63, 3.8) is 0 Å². The first kappa shape index (κ1) is 19.7. The Bertz CT molecular complexity index is 490. The molecule has 130 valence electrons. The summed E-state index contributed by atoms with van der Waals surface area (Å²) in [6, 6.07) is 0. The Morgan fingerprint density at radius 1 is 1.04 bits per heavy atom. The van der Waals surface area contributed by atoms with E-state index in [2.05, 4.69) is 26.0 Å². The monoisotopic (exact) mass is 320 g/mol. The van der Waals surface area contributed by atoms with Gasteiger partial charge in [-0.05, 0) is 78.6 Å². The first-order chi connectivity index (χ1) is 10.7. The average Bonchev–Trinajstić information content (AvgIpc) is 2.43. The molecule has 0 aromatic rings. The van der Waals surface area contributed by atoms with Crippen LogP contribution < -0.4 is 0 Å². The van der Waals surface area contributed by atoms with E-state index in [0.29, 0.717) is 12.0 Å². The fraction of sp³-hybridized carbons (Fsp3) is 0.650. The lowest BCUT2D eigenvalue weighted by atomic mass is 9.83. The second-order valence-electron chi connectivity index (χ2n) is 7.34. The van der Waals surface area contributed by atoms with Crippen molar-refractivity contribution in [2.24, 2.45) is 5.92 Å². The van der Waals surface area contributed by atoms with Crippen molar-refractivity contribution >= 4 is 5.97 Å². The maximum absolute atomic E-state index is 11.3. The predicted octanol–water partition coefficient (Wildman–Crippen LogP) is 5.02. The Hall–Kier alpha value is -1.35. The Balaban J connectivity index is 2.92. The lowest BCUT2D eigenvalue weighted by Crippen LogP contribution is -2.30. The number of carboxylic acids is 1. The third-order valence-electron chi connectivity index (χ3n) is 4.75. The highest BCUT2D eigenvalue weighted by Crippen LogP contribution is 2.28. The third kappa shape index (κ3) is 7.65. The topological polar surface area (TPSA) is 57.5 Å². The number of aliphatic carboxylic acids is 1. The van der Waals surface area contributed by atoms with Crippen LogP contribution in [0, 0.1) is 5.92 Å². The van der Waals surface area contributed by atoms with Crippen LogP contribution in [-0.2, 0) is 4.79 Å². The van der Waals surface area contributed by atoms with Gasteiger partial charge in [-0.25, -0.2) is 4.79 Å². The van der Waals surface area contributed by atoms with Gasteiger partial charge in [0.15, 0.2) is 0 Å². The predicted molar refractivity (Wildman–Crippen MR) is 95.3 cm³/mol. The zero-order valence-electron chi connectivity index (χ0n) is 15.1. The molecule has 0 fully saturated rings. The second kappa shape index (κ2) is 9.07. The number of aliphatic hydroxyl groups is 1. The van der Waals surface area contributed by atoms with Crippen LogP contribution in [0.4, 0.5) is 0 Å². The quantitative estimate of drug-likeness (QED) is 0.702. The minimum atomic E-state index is -0.799. The van der Waals surface area contributed by atoms with Gasteiger partial charge in [0.2, 0.25) is 0 Å². The van der Waals surface area contributed by atoms with Crippen molar-refractivity contribution in [1.29, 1.82) is 0 Å². The summed E-state index contributed by atoms with van der Waals surface area (Å²) in [5.74, 6) is -0.555. The molecule has 0 aliphatic heterocycles. The maximum Gasteiger partial charge on any atom is 0.331 e. The number of allylic oxidation sites excluding steroid dienone is 5.